The molecule has 0 saturated heterocycles. The first-order valence-corrected chi connectivity index (χ1v) is 5.59. The van der Waals surface area contributed by atoms with Crippen molar-refractivity contribution in [2.24, 2.45) is 0 Å². The number of hydrogen-bond donors (Lipinski definition) is 0. The number of methoxy groups -OCH3 is 1. The van der Waals surface area contributed by atoms with Crippen molar-refractivity contribution >= 4 is 10.9 Å². The topological polar surface area (TPSA) is 35.0 Å². The van der Waals surface area contributed by atoms with Gasteiger partial charge in [-0.3, -0.25) is 0 Å². The SMILES string of the molecule is COc1cc2ncnc(C)c2cc1C1CC1. The molecule has 2 aromatic rings. The number of nitrogens with zero attached hydrogens (tertiary/aromatic N) is 2. The molecule has 1 aromatic heterocycles. The lowest BCUT2D eigenvalue weighted by atomic mass is 10.1. The molecule has 0 spiro atoms. The van der Waals surface area contributed by atoms with E-state index in [1.807, 2.05) is 13.0 Å². The van der Waals surface area contributed by atoms with Crippen LogP contribution in [0.3, 0.4) is 0 Å². The van der Waals surface area contributed by atoms with Crippen molar-refractivity contribution in [1.82, 2.24) is 9.97 Å². The van der Waals surface area contributed by atoms with Gasteiger partial charge in [-0.05, 0) is 37.3 Å². The molecule has 1 fully saturated rings. The molecular formula is C13H14N2O. The van der Waals surface area contributed by atoms with Crippen molar-refractivity contribution in [2.45, 2.75) is 25.7 Å². The predicted molar refractivity (Wildman–Crippen MR) is 62.8 cm³/mol. The van der Waals surface area contributed by atoms with E-state index in [1.165, 1.54) is 18.4 Å². The molecule has 16 heavy (non-hydrogen) atoms. The van der Waals surface area contributed by atoms with Crippen molar-refractivity contribution < 1.29 is 4.74 Å². The first-order chi connectivity index (χ1) is 7.79. The minimum absolute atomic E-state index is 0.680. The Morgan fingerprint density at radius 2 is 2.06 bits per heavy atom. The summed E-state index contributed by atoms with van der Waals surface area (Å²) in [5.74, 6) is 1.65. The van der Waals surface area contributed by atoms with Gasteiger partial charge in [-0.15, -0.1) is 0 Å². The Hall–Kier alpha value is -1.64. The average Bonchev–Trinajstić information content (AvgIpc) is 3.12. The van der Waals surface area contributed by atoms with Crippen LogP contribution in [-0.4, -0.2) is 17.1 Å². The second-order valence-corrected chi connectivity index (χ2v) is 4.34. The predicted octanol–water partition coefficient (Wildman–Crippen LogP) is 2.82. The van der Waals surface area contributed by atoms with Gasteiger partial charge in [-0.2, -0.15) is 0 Å². The standard InChI is InChI=1S/C13H14N2O/c1-8-10-5-11(9-3-4-9)13(16-2)6-12(10)15-7-14-8/h5-7,9H,3-4H2,1-2H3. The molecule has 0 unspecified atom stereocenters. The maximum atomic E-state index is 5.43. The first-order valence-electron chi connectivity index (χ1n) is 5.59. The Balaban J connectivity index is 2.28. The minimum atomic E-state index is 0.680. The molecule has 0 bridgehead atoms. The third-order valence-electron chi connectivity index (χ3n) is 3.20. The number of hydrogen-bond acceptors (Lipinski definition) is 3. The Labute approximate surface area is 94.5 Å². The van der Waals surface area contributed by atoms with Gasteiger partial charge in [0.2, 0.25) is 0 Å². The number of fused-ring (bicyclic) bond motifs is 1. The van der Waals surface area contributed by atoms with Gasteiger partial charge in [0, 0.05) is 17.1 Å². The molecule has 82 valence electrons. The zero-order chi connectivity index (χ0) is 11.1. The highest BCUT2D eigenvalue weighted by molar-refractivity contribution is 5.83. The zero-order valence-corrected chi connectivity index (χ0v) is 9.53. The van der Waals surface area contributed by atoms with Crippen LogP contribution in [0.15, 0.2) is 18.5 Å². The molecule has 0 amide bonds. The molecule has 3 nitrogen and oxygen atoms in total. The van der Waals surface area contributed by atoms with E-state index in [4.69, 9.17) is 4.74 Å². The third-order valence-corrected chi connectivity index (χ3v) is 3.20. The fourth-order valence-corrected chi connectivity index (χ4v) is 2.12. The monoisotopic (exact) mass is 214 g/mol. The smallest absolute Gasteiger partial charge is 0.124 e. The van der Waals surface area contributed by atoms with Crippen LogP contribution in [-0.2, 0) is 0 Å². The fraction of sp³-hybridized carbons (Fsp3) is 0.385. The largest absolute Gasteiger partial charge is 0.496 e. The molecule has 0 N–H and O–H groups in total. The molecule has 3 heteroatoms. The summed E-state index contributed by atoms with van der Waals surface area (Å²) in [4.78, 5) is 8.51. The van der Waals surface area contributed by atoms with Crippen molar-refractivity contribution in [3.05, 3.63) is 29.7 Å². The van der Waals surface area contributed by atoms with Gasteiger partial charge in [-0.1, -0.05) is 0 Å². The normalized spacial score (nSPS) is 15.4. The van der Waals surface area contributed by atoms with Gasteiger partial charge < -0.3 is 4.74 Å². The quantitative estimate of drug-likeness (QED) is 0.771. The van der Waals surface area contributed by atoms with Gasteiger partial charge in [-0.25, -0.2) is 9.97 Å². The number of rotatable bonds is 2. The van der Waals surface area contributed by atoms with E-state index in [2.05, 4.69) is 16.0 Å². The number of aromatic nitrogens is 2. The lowest BCUT2D eigenvalue weighted by Gasteiger charge is -2.09. The molecule has 0 radical (unpaired) electrons. The fourth-order valence-electron chi connectivity index (χ4n) is 2.12. The van der Waals surface area contributed by atoms with Crippen LogP contribution in [0.2, 0.25) is 0 Å². The number of ether oxygens (including phenoxy) is 1. The third kappa shape index (κ3) is 1.43. The van der Waals surface area contributed by atoms with Crippen molar-refractivity contribution in [3.63, 3.8) is 0 Å². The van der Waals surface area contributed by atoms with Crippen molar-refractivity contribution in [1.29, 1.82) is 0 Å². The zero-order valence-electron chi connectivity index (χ0n) is 9.53. The van der Waals surface area contributed by atoms with Crippen LogP contribution in [0.5, 0.6) is 5.75 Å². The van der Waals surface area contributed by atoms with E-state index in [-0.39, 0.29) is 0 Å². The molecular weight excluding hydrogens is 200 g/mol. The van der Waals surface area contributed by atoms with Crippen LogP contribution in [0, 0.1) is 6.92 Å². The van der Waals surface area contributed by atoms with Crippen LogP contribution < -0.4 is 4.74 Å². The van der Waals surface area contributed by atoms with Crippen LogP contribution in [0.1, 0.15) is 30.0 Å². The van der Waals surface area contributed by atoms with E-state index < -0.39 is 0 Å². The second kappa shape index (κ2) is 3.44. The molecule has 0 atom stereocenters. The van der Waals surface area contributed by atoms with Gasteiger partial charge >= 0.3 is 0 Å². The van der Waals surface area contributed by atoms with E-state index in [9.17, 15) is 0 Å². The highest BCUT2D eigenvalue weighted by Crippen LogP contribution is 2.45. The molecule has 1 heterocycles. The highest BCUT2D eigenvalue weighted by atomic mass is 16.5. The van der Waals surface area contributed by atoms with Crippen molar-refractivity contribution in [3.8, 4) is 5.75 Å². The Kier molecular flexibility index (Phi) is 2.06. The summed E-state index contributed by atoms with van der Waals surface area (Å²) in [6, 6.07) is 4.22. The molecule has 0 aliphatic heterocycles. The molecule has 1 saturated carbocycles. The summed E-state index contributed by atoms with van der Waals surface area (Å²) in [7, 11) is 1.72. The van der Waals surface area contributed by atoms with Gasteiger partial charge in [0.05, 0.1) is 12.6 Å². The van der Waals surface area contributed by atoms with Crippen LogP contribution in [0.4, 0.5) is 0 Å². The van der Waals surface area contributed by atoms with Gasteiger partial charge in [0.25, 0.3) is 0 Å². The highest BCUT2D eigenvalue weighted by Gasteiger charge is 2.27. The summed E-state index contributed by atoms with van der Waals surface area (Å²) < 4.78 is 5.43. The minimum Gasteiger partial charge on any atom is -0.496 e. The number of benzene rings is 1. The lowest BCUT2D eigenvalue weighted by Crippen LogP contribution is -1.94. The van der Waals surface area contributed by atoms with Crippen LogP contribution in [0.25, 0.3) is 10.9 Å². The van der Waals surface area contributed by atoms with E-state index in [0.717, 1.165) is 22.3 Å². The second-order valence-electron chi connectivity index (χ2n) is 4.34. The molecule has 1 aliphatic rings. The lowest BCUT2D eigenvalue weighted by molar-refractivity contribution is 0.410. The maximum Gasteiger partial charge on any atom is 0.124 e. The Morgan fingerprint density at radius 1 is 1.25 bits per heavy atom. The van der Waals surface area contributed by atoms with Crippen molar-refractivity contribution in [2.75, 3.05) is 7.11 Å². The first kappa shape index (κ1) is 9.58. The van der Waals surface area contributed by atoms with Gasteiger partial charge in [0.15, 0.2) is 0 Å². The van der Waals surface area contributed by atoms with E-state index in [1.54, 1.807) is 13.4 Å². The summed E-state index contributed by atoms with van der Waals surface area (Å²) in [6.07, 6.45) is 4.15. The van der Waals surface area contributed by atoms with E-state index >= 15 is 0 Å². The Bertz CT molecular complexity index is 547. The molecule has 3 rings (SSSR count). The molecule has 1 aliphatic carbocycles. The summed E-state index contributed by atoms with van der Waals surface area (Å²) in [5, 5.41) is 1.14. The maximum absolute atomic E-state index is 5.43. The number of aryl methyl sites for hydroxylation is 1. The molecule has 1 aromatic carbocycles. The van der Waals surface area contributed by atoms with Gasteiger partial charge in [0.1, 0.15) is 12.1 Å². The van der Waals surface area contributed by atoms with Crippen LogP contribution >= 0.6 is 0 Å². The van der Waals surface area contributed by atoms with E-state index in [0.29, 0.717) is 5.92 Å². The average molecular weight is 214 g/mol. The summed E-state index contributed by atoms with van der Waals surface area (Å²) in [6.45, 7) is 2.02. The summed E-state index contributed by atoms with van der Waals surface area (Å²) in [5.41, 5.74) is 3.32. The Morgan fingerprint density at radius 3 is 2.75 bits per heavy atom. The summed E-state index contributed by atoms with van der Waals surface area (Å²) >= 11 is 0.